The second-order valence-electron chi connectivity index (χ2n) is 5.96. The van der Waals surface area contributed by atoms with E-state index in [1.165, 1.54) is 0 Å². The zero-order valence-electron chi connectivity index (χ0n) is 12.8. The van der Waals surface area contributed by atoms with Crippen LogP contribution < -0.4 is 5.32 Å². The van der Waals surface area contributed by atoms with Crippen LogP contribution in [0.5, 0.6) is 0 Å². The van der Waals surface area contributed by atoms with Gasteiger partial charge in [-0.3, -0.25) is 19.5 Å². The zero-order chi connectivity index (χ0) is 16.2. The Kier molecular flexibility index (Phi) is 5.10. The van der Waals surface area contributed by atoms with Gasteiger partial charge in [0.2, 0.25) is 5.91 Å². The average Bonchev–Trinajstić information content (AvgIpc) is 2.45. The van der Waals surface area contributed by atoms with Crippen molar-refractivity contribution in [3.63, 3.8) is 0 Å². The first kappa shape index (κ1) is 16.4. The summed E-state index contributed by atoms with van der Waals surface area (Å²) in [5, 5.41) is 12.0. The minimum absolute atomic E-state index is 0.0365. The van der Waals surface area contributed by atoms with Crippen LogP contribution >= 0.6 is 0 Å². The van der Waals surface area contributed by atoms with E-state index in [9.17, 15) is 14.7 Å². The number of aliphatic carboxylic acids is 1. The molecule has 1 aromatic rings. The van der Waals surface area contributed by atoms with Gasteiger partial charge < -0.3 is 15.2 Å². The lowest BCUT2D eigenvalue weighted by Crippen LogP contribution is -2.58. The molecule has 120 valence electrons. The Morgan fingerprint density at radius 1 is 1.45 bits per heavy atom. The van der Waals surface area contributed by atoms with Gasteiger partial charge in [0.15, 0.2) is 0 Å². The van der Waals surface area contributed by atoms with Crippen LogP contribution in [0.25, 0.3) is 0 Å². The topological polar surface area (TPSA) is 91.8 Å². The van der Waals surface area contributed by atoms with E-state index in [0.29, 0.717) is 13.1 Å². The largest absolute Gasteiger partial charge is 0.480 e. The summed E-state index contributed by atoms with van der Waals surface area (Å²) in [6.45, 7) is 4.67. The van der Waals surface area contributed by atoms with Crippen molar-refractivity contribution in [1.29, 1.82) is 0 Å². The fraction of sp³-hybridized carbons (Fsp3) is 0.533. The third kappa shape index (κ3) is 4.51. The van der Waals surface area contributed by atoms with E-state index < -0.39 is 17.6 Å². The number of aromatic nitrogens is 1. The van der Waals surface area contributed by atoms with Gasteiger partial charge in [-0.2, -0.15) is 0 Å². The molecule has 0 spiro atoms. The van der Waals surface area contributed by atoms with Crippen LogP contribution in [0.1, 0.15) is 19.4 Å². The number of morpholine rings is 1. The molecule has 2 N–H and O–H groups in total. The summed E-state index contributed by atoms with van der Waals surface area (Å²) in [4.78, 5) is 28.9. The van der Waals surface area contributed by atoms with E-state index in [2.05, 4.69) is 10.3 Å². The molecular formula is C15H21N3O4. The number of hydrogen-bond acceptors (Lipinski definition) is 5. The maximum Gasteiger partial charge on any atom is 0.323 e. The number of carbonyl (C=O) groups excluding carboxylic acids is 1. The highest BCUT2D eigenvalue weighted by atomic mass is 16.5. The highest BCUT2D eigenvalue weighted by Gasteiger charge is 2.38. The molecule has 1 aliphatic heterocycles. The molecule has 7 heteroatoms. The predicted molar refractivity (Wildman–Crippen MR) is 79.1 cm³/mol. The van der Waals surface area contributed by atoms with Crippen molar-refractivity contribution in [2.75, 3.05) is 19.7 Å². The number of hydrogen-bond donors (Lipinski definition) is 2. The van der Waals surface area contributed by atoms with Crippen LogP contribution in [0.4, 0.5) is 0 Å². The molecule has 1 aromatic heterocycles. The third-order valence-corrected chi connectivity index (χ3v) is 3.53. The molecule has 1 saturated heterocycles. The molecule has 1 unspecified atom stereocenters. The number of amides is 1. The monoisotopic (exact) mass is 307 g/mol. The summed E-state index contributed by atoms with van der Waals surface area (Å²) < 4.78 is 5.52. The van der Waals surface area contributed by atoms with Crippen molar-refractivity contribution in [2.24, 2.45) is 0 Å². The number of carboxylic acid groups (broad SMARTS) is 1. The highest BCUT2D eigenvalue weighted by molar-refractivity contribution is 5.80. The Bertz CT molecular complexity index is 533. The predicted octanol–water partition coefficient (Wildman–Crippen LogP) is 0.262. The number of nitrogens with one attached hydrogen (secondary N) is 1. The Labute approximate surface area is 129 Å². The molecule has 2 heterocycles. The van der Waals surface area contributed by atoms with E-state index in [0.717, 1.165) is 5.56 Å². The summed E-state index contributed by atoms with van der Waals surface area (Å²) >= 11 is 0. The SMILES string of the molecule is CC1(C)CN(CC(=O)NCc2ccncc2)C(C(=O)O)CO1. The van der Waals surface area contributed by atoms with Gasteiger partial charge in [0, 0.05) is 25.5 Å². The second kappa shape index (κ2) is 6.85. The van der Waals surface area contributed by atoms with Gasteiger partial charge >= 0.3 is 5.97 Å². The quantitative estimate of drug-likeness (QED) is 0.811. The standard InChI is InChI=1S/C15H21N3O4/c1-15(2)10-18(12(9-22-15)14(20)21)8-13(19)17-7-11-3-5-16-6-4-11/h3-6,12H,7-10H2,1-2H3,(H,17,19)(H,20,21). The minimum atomic E-state index is -0.975. The first-order chi connectivity index (χ1) is 10.4. The maximum absolute atomic E-state index is 12.1. The van der Waals surface area contributed by atoms with Gasteiger partial charge in [-0.15, -0.1) is 0 Å². The summed E-state index contributed by atoms with van der Waals surface area (Å²) in [7, 11) is 0. The molecule has 0 saturated carbocycles. The fourth-order valence-electron chi connectivity index (χ4n) is 2.39. The summed E-state index contributed by atoms with van der Waals surface area (Å²) in [6.07, 6.45) is 3.32. The Balaban J connectivity index is 1.91. The number of rotatable bonds is 5. The summed E-state index contributed by atoms with van der Waals surface area (Å²) in [6, 6.07) is 2.84. The zero-order valence-corrected chi connectivity index (χ0v) is 12.8. The van der Waals surface area contributed by atoms with Crippen molar-refractivity contribution in [3.8, 4) is 0 Å². The van der Waals surface area contributed by atoms with Crippen molar-refractivity contribution in [2.45, 2.75) is 32.0 Å². The molecular weight excluding hydrogens is 286 g/mol. The number of nitrogens with zero attached hydrogens (tertiary/aromatic N) is 2. The molecule has 0 aromatic carbocycles. The lowest BCUT2D eigenvalue weighted by molar-refractivity contribution is -0.163. The molecule has 0 bridgehead atoms. The van der Waals surface area contributed by atoms with Crippen molar-refractivity contribution < 1.29 is 19.4 Å². The fourth-order valence-corrected chi connectivity index (χ4v) is 2.39. The number of ether oxygens (including phenoxy) is 1. The van der Waals surface area contributed by atoms with Crippen LogP contribution in [0, 0.1) is 0 Å². The Morgan fingerprint density at radius 3 is 2.77 bits per heavy atom. The van der Waals surface area contributed by atoms with Crippen molar-refractivity contribution in [1.82, 2.24) is 15.2 Å². The van der Waals surface area contributed by atoms with Crippen molar-refractivity contribution >= 4 is 11.9 Å². The molecule has 0 aliphatic carbocycles. The van der Waals surface area contributed by atoms with Crippen molar-refractivity contribution in [3.05, 3.63) is 30.1 Å². The average molecular weight is 307 g/mol. The van der Waals surface area contributed by atoms with Gasteiger partial charge in [0.25, 0.3) is 0 Å². The molecule has 2 rings (SSSR count). The lowest BCUT2D eigenvalue weighted by Gasteiger charge is -2.41. The van der Waals surface area contributed by atoms with Gasteiger partial charge in [0.05, 0.1) is 18.8 Å². The normalized spacial score (nSPS) is 21.3. The van der Waals surface area contributed by atoms with E-state index in [-0.39, 0.29) is 19.1 Å². The maximum atomic E-state index is 12.1. The first-order valence-corrected chi connectivity index (χ1v) is 7.14. The lowest BCUT2D eigenvalue weighted by atomic mass is 10.0. The smallest absolute Gasteiger partial charge is 0.323 e. The molecule has 7 nitrogen and oxygen atoms in total. The number of carbonyl (C=O) groups is 2. The van der Waals surface area contributed by atoms with E-state index in [1.54, 1.807) is 17.3 Å². The number of pyridine rings is 1. The van der Waals surface area contributed by atoms with Crippen LogP contribution in [-0.2, 0) is 20.9 Å². The van der Waals surface area contributed by atoms with Gasteiger partial charge in [-0.1, -0.05) is 0 Å². The molecule has 1 amide bonds. The second-order valence-corrected chi connectivity index (χ2v) is 5.96. The van der Waals surface area contributed by atoms with Crippen LogP contribution in [0.2, 0.25) is 0 Å². The minimum Gasteiger partial charge on any atom is -0.480 e. The van der Waals surface area contributed by atoms with Gasteiger partial charge in [-0.05, 0) is 31.5 Å². The molecule has 22 heavy (non-hydrogen) atoms. The Hall–Kier alpha value is -1.99. The third-order valence-electron chi connectivity index (χ3n) is 3.53. The molecule has 1 fully saturated rings. The van der Waals surface area contributed by atoms with Crippen LogP contribution in [0.15, 0.2) is 24.5 Å². The van der Waals surface area contributed by atoms with E-state index >= 15 is 0 Å². The Morgan fingerprint density at radius 2 is 2.14 bits per heavy atom. The van der Waals surface area contributed by atoms with Gasteiger partial charge in [0.1, 0.15) is 6.04 Å². The summed E-state index contributed by atoms with van der Waals surface area (Å²) in [5.41, 5.74) is 0.484. The van der Waals surface area contributed by atoms with E-state index in [4.69, 9.17) is 4.74 Å². The molecule has 1 atom stereocenters. The highest BCUT2D eigenvalue weighted by Crippen LogP contribution is 2.20. The number of carboxylic acids is 1. The molecule has 0 radical (unpaired) electrons. The van der Waals surface area contributed by atoms with Gasteiger partial charge in [-0.25, -0.2) is 0 Å². The summed E-state index contributed by atoms with van der Waals surface area (Å²) in [5.74, 6) is -1.18. The van der Waals surface area contributed by atoms with Crippen LogP contribution in [-0.4, -0.2) is 58.2 Å². The van der Waals surface area contributed by atoms with E-state index in [1.807, 2.05) is 26.0 Å². The van der Waals surface area contributed by atoms with Crippen LogP contribution in [0.3, 0.4) is 0 Å². The molecule has 1 aliphatic rings. The first-order valence-electron chi connectivity index (χ1n) is 7.14.